The van der Waals surface area contributed by atoms with E-state index < -0.39 is 0 Å². The molecule has 0 amide bonds. The maximum absolute atomic E-state index is 11.1. The number of hydrogen-bond donors (Lipinski definition) is 0. The summed E-state index contributed by atoms with van der Waals surface area (Å²) in [4.78, 5) is 11.1. The zero-order valence-electron chi connectivity index (χ0n) is 10.2. The average molecular weight is 255 g/mol. The Morgan fingerprint density at radius 1 is 1.24 bits per heavy atom. The van der Waals surface area contributed by atoms with Crippen molar-refractivity contribution in [2.24, 2.45) is 0 Å². The Hall–Kier alpha value is -1.02. The number of benzene rings is 1. The average Bonchev–Trinajstić information content (AvgIpc) is 2.34. The highest BCUT2D eigenvalue weighted by molar-refractivity contribution is 6.17. The molecule has 17 heavy (non-hydrogen) atoms. The van der Waals surface area contributed by atoms with Gasteiger partial charge in [0.15, 0.2) is 0 Å². The van der Waals surface area contributed by atoms with Crippen molar-refractivity contribution in [2.75, 3.05) is 5.88 Å². The van der Waals surface area contributed by atoms with Crippen molar-refractivity contribution in [3.63, 3.8) is 0 Å². The largest absolute Gasteiger partial charge is 0.458 e. The Balaban J connectivity index is 2.52. The molecule has 0 saturated heterocycles. The van der Waals surface area contributed by atoms with E-state index in [9.17, 15) is 4.79 Å². The molecule has 0 bridgehead atoms. The van der Waals surface area contributed by atoms with Gasteiger partial charge in [-0.3, -0.25) is 4.79 Å². The zero-order chi connectivity index (χ0) is 12.5. The lowest BCUT2D eigenvalue weighted by atomic mass is 10.0. The fourth-order valence-electron chi connectivity index (χ4n) is 1.76. The number of hydrogen-bond acceptors (Lipinski definition) is 2. The minimum absolute atomic E-state index is 0.121. The van der Waals surface area contributed by atoms with Crippen LogP contribution in [0.25, 0.3) is 0 Å². The lowest BCUT2D eigenvalue weighted by Gasteiger charge is -2.17. The first kappa shape index (κ1) is 14.0. The molecule has 1 aromatic carbocycles. The van der Waals surface area contributed by atoms with E-state index in [1.54, 1.807) is 0 Å². The van der Waals surface area contributed by atoms with Gasteiger partial charge >= 0.3 is 5.97 Å². The summed E-state index contributed by atoms with van der Waals surface area (Å²) in [5.41, 5.74) is 1.06. The first-order valence-electron chi connectivity index (χ1n) is 6.02. The maximum Gasteiger partial charge on any atom is 0.303 e. The molecule has 1 atom stereocenters. The summed E-state index contributed by atoms with van der Waals surface area (Å²) in [5.74, 6) is 0.472. The fraction of sp³-hybridized carbons (Fsp3) is 0.500. The molecule has 1 rings (SSSR count). The second-order valence-corrected chi connectivity index (χ2v) is 4.43. The van der Waals surface area contributed by atoms with Crippen LogP contribution >= 0.6 is 11.6 Å². The van der Waals surface area contributed by atoms with Gasteiger partial charge in [0.05, 0.1) is 0 Å². The zero-order valence-corrected chi connectivity index (χ0v) is 11.0. The van der Waals surface area contributed by atoms with Gasteiger partial charge in [-0.15, -0.1) is 11.6 Å². The number of halogens is 1. The quantitative estimate of drug-likeness (QED) is 0.416. The molecule has 0 heterocycles. The molecule has 3 heteroatoms. The molecule has 0 aliphatic heterocycles. The molecule has 0 radical (unpaired) electrons. The normalized spacial score (nSPS) is 12.1. The van der Waals surface area contributed by atoms with Gasteiger partial charge in [0, 0.05) is 12.8 Å². The SMILES string of the molecule is CC(=O)OC(CCCCCCl)c1ccccc1. The van der Waals surface area contributed by atoms with Gasteiger partial charge in [-0.05, 0) is 24.8 Å². The van der Waals surface area contributed by atoms with E-state index in [1.165, 1.54) is 6.92 Å². The summed E-state index contributed by atoms with van der Waals surface area (Å²) in [6, 6.07) is 9.88. The Bertz CT molecular complexity index is 324. The third-order valence-electron chi connectivity index (χ3n) is 2.58. The van der Waals surface area contributed by atoms with Crippen LogP contribution in [0.2, 0.25) is 0 Å². The molecule has 0 spiro atoms. The number of ether oxygens (including phenoxy) is 1. The monoisotopic (exact) mass is 254 g/mol. The molecule has 0 aliphatic rings. The first-order valence-corrected chi connectivity index (χ1v) is 6.55. The van der Waals surface area contributed by atoms with Gasteiger partial charge in [-0.25, -0.2) is 0 Å². The van der Waals surface area contributed by atoms with Crippen LogP contribution in [-0.4, -0.2) is 11.8 Å². The molecule has 0 saturated carbocycles. The summed E-state index contributed by atoms with van der Waals surface area (Å²) >= 11 is 5.63. The minimum Gasteiger partial charge on any atom is -0.458 e. The van der Waals surface area contributed by atoms with Crippen molar-refractivity contribution in [2.45, 2.75) is 38.7 Å². The molecule has 0 N–H and O–H groups in total. The Morgan fingerprint density at radius 2 is 1.94 bits per heavy atom. The molecular formula is C14H19ClO2. The van der Waals surface area contributed by atoms with Gasteiger partial charge in [-0.2, -0.15) is 0 Å². The molecule has 0 fully saturated rings. The predicted octanol–water partition coefficient (Wildman–Crippen LogP) is 4.09. The molecule has 2 nitrogen and oxygen atoms in total. The van der Waals surface area contributed by atoms with Crippen LogP contribution in [0.1, 0.15) is 44.3 Å². The van der Waals surface area contributed by atoms with Crippen LogP contribution in [0, 0.1) is 0 Å². The van der Waals surface area contributed by atoms with Crippen molar-refractivity contribution in [3.05, 3.63) is 35.9 Å². The maximum atomic E-state index is 11.1. The van der Waals surface area contributed by atoms with E-state index in [0.29, 0.717) is 5.88 Å². The molecule has 1 unspecified atom stereocenters. The van der Waals surface area contributed by atoms with Crippen molar-refractivity contribution >= 4 is 17.6 Å². The Labute approximate surface area is 108 Å². The third-order valence-corrected chi connectivity index (χ3v) is 2.85. The number of carbonyl (C=O) groups excluding carboxylic acids is 1. The lowest BCUT2D eigenvalue weighted by molar-refractivity contribution is -0.147. The Kier molecular flexibility index (Phi) is 6.71. The summed E-state index contributed by atoms with van der Waals surface area (Å²) in [6.45, 7) is 1.45. The van der Waals surface area contributed by atoms with Gasteiger partial charge in [0.25, 0.3) is 0 Å². The van der Waals surface area contributed by atoms with E-state index >= 15 is 0 Å². The van der Waals surface area contributed by atoms with Crippen molar-refractivity contribution in [3.8, 4) is 0 Å². The van der Waals surface area contributed by atoms with Crippen molar-refractivity contribution in [1.82, 2.24) is 0 Å². The van der Waals surface area contributed by atoms with E-state index in [0.717, 1.165) is 31.2 Å². The predicted molar refractivity (Wildman–Crippen MR) is 70.1 cm³/mol. The molecule has 1 aromatic rings. The number of alkyl halides is 1. The van der Waals surface area contributed by atoms with Crippen LogP contribution in [0.5, 0.6) is 0 Å². The number of unbranched alkanes of at least 4 members (excludes halogenated alkanes) is 2. The molecular weight excluding hydrogens is 236 g/mol. The van der Waals surface area contributed by atoms with E-state index in [4.69, 9.17) is 16.3 Å². The number of esters is 1. The van der Waals surface area contributed by atoms with Gasteiger partial charge in [-0.1, -0.05) is 36.8 Å². The minimum atomic E-state index is -0.226. The highest BCUT2D eigenvalue weighted by Gasteiger charge is 2.13. The van der Waals surface area contributed by atoms with Gasteiger partial charge in [0.1, 0.15) is 6.10 Å². The summed E-state index contributed by atoms with van der Waals surface area (Å²) in [7, 11) is 0. The number of carbonyl (C=O) groups is 1. The smallest absolute Gasteiger partial charge is 0.303 e. The standard InChI is InChI=1S/C14H19ClO2/c1-12(16)17-14(10-6-3-7-11-15)13-8-4-2-5-9-13/h2,4-5,8-9,14H,3,6-7,10-11H2,1H3. The summed E-state index contributed by atoms with van der Waals surface area (Å²) in [5, 5.41) is 0. The Morgan fingerprint density at radius 3 is 2.53 bits per heavy atom. The van der Waals surface area contributed by atoms with E-state index in [2.05, 4.69) is 0 Å². The van der Waals surface area contributed by atoms with E-state index in [1.807, 2.05) is 30.3 Å². The lowest BCUT2D eigenvalue weighted by Crippen LogP contribution is -2.08. The van der Waals surface area contributed by atoms with Crippen LogP contribution in [0.3, 0.4) is 0 Å². The molecule has 0 aliphatic carbocycles. The van der Waals surface area contributed by atoms with Crippen LogP contribution in [0.15, 0.2) is 30.3 Å². The van der Waals surface area contributed by atoms with Crippen LogP contribution in [-0.2, 0) is 9.53 Å². The first-order chi connectivity index (χ1) is 8.24. The number of rotatable bonds is 7. The second-order valence-electron chi connectivity index (χ2n) is 4.05. The van der Waals surface area contributed by atoms with Crippen molar-refractivity contribution in [1.29, 1.82) is 0 Å². The van der Waals surface area contributed by atoms with E-state index in [-0.39, 0.29) is 12.1 Å². The second kappa shape index (κ2) is 8.13. The molecule has 0 aromatic heterocycles. The van der Waals surface area contributed by atoms with Crippen LogP contribution in [0.4, 0.5) is 0 Å². The highest BCUT2D eigenvalue weighted by atomic mass is 35.5. The van der Waals surface area contributed by atoms with Crippen LogP contribution < -0.4 is 0 Å². The van der Waals surface area contributed by atoms with Gasteiger partial charge < -0.3 is 4.74 Å². The molecule has 94 valence electrons. The fourth-order valence-corrected chi connectivity index (χ4v) is 1.95. The topological polar surface area (TPSA) is 26.3 Å². The summed E-state index contributed by atoms with van der Waals surface area (Å²) < 4.78 is 5.34. The highest BCUT2D eigenvalue weighted by Crippen LogP contribution is 2.23. The summed E-state index contributed by atoms with van der Waals surface area (Å²) in [6.07, 6.45) is 3.86. The van der Waals surface area contributed by atoms with Gasteiger partial charge in [0.2, 0.25) is 0 Å². The van der Waals surface area contributed by atoms with Crippen molar-refractivity contribution < 1.29 is 9.53 Å². The third kappa shape index (κ3) is 5.73.